The van der Waals surface area contributed by atoms with E-state index < -0.39 is 11.9 Å². The van der Waals surface area contributed by atoms with Gasteiger partial charge >= 0.3 is 0 Å². The van der Waals surface area contributed by atoms with Crippen molar-refractivity contribution in [3.8, 4) is 0 Å². The molecule has 0 bridgehead atoms. The molecule has 2 aromatic rings. The molecule has 0 radical (unpaired) electrons. The molecule has 0 saturated carbocycles. The molecule has 1 aromatic carbocycles. The van der Waals surface area contributed by atoms with Gasteiger partial charge in [0.15, 0.2) is 5.76 Å². The van der Waals surface area contributed by atoms with Crippen molar-refractivity contribution in [3.05, 3.63) is 60.1 Å². The van der Waals surface area contributed by atoms with Crippen molar-refractivity contribution < 1.29 is 18.7 Å². The molecule has 1 aliphatic rings. The van der Waals surface area contributed by atoms with Crippen LogP contribution in [0.2, 0.25) is 0 Å². The van der Waals surface area contributed by atoms with E-state index in [1.807, 2.05) is 30.3 Å². The van der Waals surface area contributed by atoms with Crippen molar-refractivity contribution in [2.45, 2.75) is 19.1 Å². The van der Waals surface area contributed by atoms with E-state index in [0.29, 0.717) is 19.7 Å². The normalized spacial score (nSPS) is 18.9. The lowest BCUT2D eigenvalue weighted by molar-refractivity contribution is -0.140. The first-order chi connectivity index (χ1) is 11.6. The minimum Gasteiger partial charge on any atom is -0.459 e. The second-order valence-corrected chi connectivity index (χ2v) is 5.73. The molecule has 0 aliphatic carbocycles. The molecule has 3 rings (SSSR count). The van der Waals surface area contributed by atoms with Crippen molar-refractivity contribution in [2.75, 3.05) is 19.7 Å². The lowest BCUT2D eigenvalue weighted by atomic mass is 10.1. The molecule has 1 saturated heterocycles. The van der Waals surface area contributed by atoms with Gasteiger partial charge in [-0.3, -0.25) is 9.59 Å². The van der Waals surface area contributed by atoms with E-state index in [9.17, 15) is 9.59 Å². The number of ether oxygens (including phenoxy) is 1. The summed E-state index contributed by atoms with van der Waals surface area (Å²) in [5.41, 5.74) is 1.04. The van der Waals surface area contributed by atoms with Crippen molar-refractivity contribution in [3.63, 3.8) is 0 Å². The van der Waals surface area contributed by atoms with Crippen LogP contribution in [0.1, 0.15) is 29.1 Å². The van der Waals surface area contributed by atoms with Crippen molar-refractivity contribution in [1.29, 1.82) is 0 Å². The zero-order valence-electron chi connectivity index (χ0n) is 13.5. The van der Waals surface area contributed by atoms with E-state index >= 15 is 0 Å². The average Bonchev–Trinajstić information content (AvgIpc) is 3.17. The molecule has 1 aromatic heterocycles. The van der Waals surface area contributed by atoms with Gasteiger partial charge in [0, 0.05) is 6.54 Å². The van der Waals surface area contributed by atoms with Gasteiger partial charge in [0.2, 0.25) is 5.91 Å². The quantitative estimate of drug-likeness (QED) is 0.932. The summed E-state index contributed by atoms with van der Waals surface area (Å²) in [5.74, 6) is -0.327. The third-order valence-corrected chi connectivity index (χ3v) is 4.01. The number of hydrogen-bond donors (Lipinski definition) is 1. The highest BCUT2D eigenvalue weighted by Crippen LogP contribution is 2.22. The molecule has 1 aliphatic heterocycles. The molecule has 126 valence electrons. The topological polar surface area (TPSA) is 71.8 Å². The number of furan rings is 1. The van der Waals surface area contributed by atoms with E-state index in [1.54, 1.807) is 24.0 Å². The third kappa shape index (κ3) is 3.65. The fourth-order valence-corrected chi connectivity index (χ4v) is 2.73. The highest BCUT2D eigenvalue weighted by Gasteiger charge is 2.29. The predicted octanol–water partition coefficient (Wildman–Crippen LogP) is 2.00. The molecule has 0 spiro atoms. The largest absolute Gasteiger partial charge is 0.459 e. The Labute approximate surface area is 140 Å². The zero-order chi connectivity index (χ0) is 16.9. The van der Waals surface area contributed by atoms with Gasteiger partial charge in [-0.05, 0) is 24.6 Å². The number of hydrogen-bond acceptors (Lipinski definition) is 4. The standard InChI is InChI=1S/C18H20N2O4/c1-13(19-17(21)15-8-5-10-23-15)18(22)20-9-11-24-16(12-20)14-6-3-2-4-7-14/h2-8,10,13,16H,9,11-12H2,1H3,(H,19,21). The second kappa shape index (κ2) is 7.31. The zero-order valence-corrected chi connectivity index (χ0v) is 13.5. The maximum atomic E-state index is 12.6. The highest BCUT2D eigenvalue weighted by atomic mass is 16.5. The monoisotopic (exact) mass is 328 g/mol. The minimum absolute atomic E-state index is 0.126. The summed E-state index contributed by atoms with van der Waals surface area (Å²) in [6, 6.07) is 12.4. The first-order valence-corrected chi connectivity index (χ1v) is 7.95. The number of nitrogens with one attached hydrogen (secondary N) is 1. The van der Waals surface area contributed by atoms with Crippen molar-refractivity contribution in [2.24, 2.45) is 0 Å². The van der Waals surface area contributed by atoms with E-state index in [4.69, 9.17) is 9.15 Å². The van der Waals surface area contributed by atoms with Gasteiger partial charge in [0.25, 0.3) is 5.91 Å². The molecule has 1 fully saturated rings. The Morgan fingerprint density at radius 3 is 2.71 bits per heavy atom. The molecule has 1 N–H and O–H groups in total. The number of carbonyl (C=O) groups is 2. The van der Waals surface area contributed by atoms with E-state index in [1.165, 1.54) is 6.26 Å². The highest BCUT2D eigenvalue weighted by molar-refractivity contribution is 5.95. The van der Waals surface area contributed by atoms with Gasteiger partial charge in [0.1, 0.15) is 12.1 Å². The van der Waals surface area contributed by atoms with Crippen LogP contribution in [0.25, 0.3) is 0 Å². The van der Waals surface area contributed by atoms with Gasteiger partial charge in [0.05, 0.1) is 19.4 Å². The fourth-order valence-electron chi connectivity index (χ4n) is 2.73. The molecule has 2 heterocycles. The van der Waals surface area contributed by atoms with Crippen LogP contribution in [0, 0.1) is 0 Å². The lowest BCUT2D eigenvalue weighted by Gasteiger charge is -2.34. The van der Waals surface area contributed by atoms with Gasteiger partial charge in [-0.25, -0.2) is 0 Å². The maximum Gasteiger partial charge on any atom is 0.287 e. The van der Waals surface area contributed by atoms with Crippen LogP contribution >= 0.6 is 0 Å². The first kappa shape index (κ1) is 16.3. The molecule has 24 heavy (non-hydrogen) atoms. The molecule has 6 nitrogen and oxygen atoms in total. The number of rotatable bonds is 4. The molecule has 2 amide bonds. The van der Waals surface area contributed by atoms with Gasteiger partial charge < -0.3 is 19.4 Å². The molecule has 2 atom stereocenters. The summed E-state index contributed by atoms with van der Waals surface area (Å²) < 4.78 is 10.8. The lowest BCUT2D eigenvalue weighted by Crippen LogP contribution is -2.51. The van der Waals surface area contributed by atoms with Crippen molar-refractivity contribution in [1.82, 2.24) is 10.2 Å². The molecule has 6 heteroatoms. The summed E-state index contributed by atoms with van der Waals surface area (Å²) >= 11 is 0. The molecular formula is C18H20N2O4. The number of carbonyl (C=O) groups excluding carboxylic acids is 2. The van der Waals surface area contributed by atoms with Crippen LogP contribution in [0.15, 0.2) is 53.1 Å². The summed E-state index contributed by atoms with van der Waals surface area (Å²) in [7, 11) is 0. The molecule has 2 unspecified atom stereocenters. The Kier molecular flexibility index (Phi) is 4.96. The van der Waals surface area contributed by atoms with Crippen LogP contribution in [0.3, 0.4) is 0 Å². The Bertz CT molecular complexity index is 684. The summed E-state index contributed by atoms with van der Waals surface area (Å²) in [4.78, 5) is 26.3. The van der Waals surface area contributed by atoms with E-state index in [2.05, 4.69) is 5.32 Å². The smallest absolute Gasteiger partial charge is 0.287 e. The number of morpholine rings is 1. The second-order valence-electron chi connectivity index (χ2n) is 5.73. The van der Waals surface area contributed by atoms with Crippen LogP contribution in [0.4, 0.5) is 0 Å². The summed E-state index contributed by atoms with van der Waals surface area (Å²) in [5, 5.41) is 2.67. The first-order valence-electron chi connectivity index (χ1n) is 7.95. The Morgan fingerprint density at radius 1 is 1.21 bits per heavy atom. The van der Waals surface area contributed by atoms with E-state index in [0.717, 1.165) is 5.56 Å². The summed E-state index contributed by atoms with van der Waals surface area (Å²) in [6.07, 6.45) is 1.28. The van der Waals surface area contributed by atoms with Gasteiger partial charge in [-0.15, -0.1) is 0 Å². The van der Waals surface area contributed by atoms with Crippen LogP contribution in [0.5, 0.6) is 0 Å². The van der Waals surface area contributed by atoms with Crippen LogP contribution in [-0.2, 0) is 9.53 Å². The van der Waals surface area contributed by atoms with Crippen LogP contribution < -0.4 is 5.32 Å². The summed E-state index contributed by atoms with van der Waals surface area (Å²) in [6.45, 7) is 3.15. The van der Waals surface area contributed by atoms with Gasteiger partial charge in [-0.2, -0.15) is 0 Å². The van der Waals surface area contributed by atoms with Crippen LogP contribution in [-0.4, -0.2) is 42.5 Å². The average molecular weight is 328 g/mol. The SMILES string of the molecule is CC(NC(=O)c1ccco1)C(=O)N1CCOC(c2ccccc2)C1. The van der Waals surface area contributed by atoms with E-state index in [-0.39, 0.29) is 17.8 Å². The Balaban J connectivity index is 1.60. The Hall–Kier alpha value is -2.60. The number of amides is 2. The minimum atomic E-state index is -0.628. The maximum absolute atomic E-state index is 12.6. The number of benzene rings is 1. The predicted molar refractivity (Wildman–Crippen MR) is 87.4 cm³/mol. The van der Waals surface area contributed by atoms with Gasteiger partial charge in [-0.1, -0.05) is 30.3 Å². The fraction of sp³-hybridized carbons (Fsp3) is 0.333. The third-order valence-electron chi connectivity index (χ3n) is 4.01. The van der Waals surface area contributed by atoms with Crippen molar-refractivity contribution >= 4 is 11.8 Å². The molecular weight excluding hydrogens is 308 g/mol. The number of nitrogens with zero attached hydrogens (tertiary/aromatic N) is 1. The Morgan fingerprint density at radius 2 is 2.00 bits per heavy atom.